The summed E-state index contributed by atoms with van der Waals surface area (Å²) in [5, 5.41) is 0. The number of hydrogen-bond acceptors (Lipinski definition) is 5. The van der Waals surface area contributed by atoms with Gasteiger partial charge < -0.3 is 4.90 Å². The highest BCUT2D eigenvalue weighted by molar-refractivity contribution is 6.10. The number of hydrogen-bond donors (Lipinski definition) is 0. The molecular formula is C28H34N4O3. The second-order valence-corrected chi connectivity index (χ2v) is 10.2. The Morgan fingerprint density at radius 1 is 1.00 bits per heavy atom. The number of aryl methyl sites for hydroxylation is 1. The number of rotatable bonds is 6. The lowest BCUT2D eigenvalue weighted by Gasteiger charge is -2.39. The van der Waals surface area contributed by atoms with Gasteiger partial charge in [0.1, 0.15) is 0 Å². The molecule has 0 spiro atoms. The monoisotopic (exact) mass is 474 g/mol. The van der Waals surface area contributed by atoms with Crippen molar-refractivity contribution in [2.75, 3.05) is 26.2 Å². The lowest BCUT2D eigenvalue weighted by molar-refractivity contribution is -0.143. The van der Waals surface area contributed by atoms with Gasteiger partial charge in [-0.15, -0.1) is 0 Å². The average Bonchev–Trinajstić information content (AvgIpc) is 3.49. The zero-order valence-corrected chi connectivity index (χ0v) is 20.5. The molecule has 1 aromatic heterocycles. The number of imide groups is 1. The van der Waals surface area contributed by atoms with Crippen LogP contribution in [-0.2, 0) is 26.3 Å². The van der Waals surface area contributed by atoms with Gasteiger partial charge in [-0.2, -0.15) is 0 Å². The van der Waals surface area contributed by atoms with E-state index < -0.39 is 5.41 Å². The van der Waals surface area contributed by atoms with Gasteiger partial charge in [0.2, 0.25) is 17.7 Å². The van der Waals surface area contributed by atoms with Crippen molar-refractivity contribution in [2.24, 2.45) is 0 Å². The first-order valence-corrected chi connectivity index (χ1v) is 12.8. The lowest BCUT2D eigenvalue weighted by atomic mass is 9.74. The Bertz CT molecular complexity index is 1090. The van der Waals surface area contributed by atoms with Gasteiger partial charge in [-0.05, 0) is 48.6 Å². The maximum absolute atomic E-state index is 13.9. The largest absolute Gasteiger partial charge is 0.340 e. The van der Waals surface area contributed by atoms with Crippen LogP contribution in [0.15, 0.2) is 48.8 Å². The van der Waals surface area contributed by atoms with Crippen molar-refractivity contribution < 1.29 is 14.4 Å². The number of pyridine rings is 1. The van der Waals surface area contributed by atoms with Crippen LogP contribution in [0.1, 0.15) is 55.2 Å². The molecule has 35 heavy (non-hydrogen) atoms. The third-order valence-corrected chi connectivity index (χ3v) is 8.12. The number of amides is 3. The van der Waals surface area contributed by atoms with Crippen molar-refractivity contribution in [3.8, 4) is 0 Å². The summed E-state index contributed by atoms with van der Waals surface area (Å²) in [6.07, 6.45) is 8.48. The summed E-state index contributed by atoms with van der Waals surface area (Å²) in [6.45, 7) is 5.28. The summed E-state index contributed by atoms with van der Waals surface area (Å²) in [4.78, 5) is 50.5. The Labute approximate surface area is 207 Å². The van der Waals surface area contributed by atoms with Gasteiger partial charge >= 0.3 is 0 Å². The summed E-state index contributed by atoms with van der Waals surface area (Å²) >= 11 is 0. The van der Waals surface area contributed by atoms with Gasteiger partial charge in [0.25, 0.3) is 0 Å². The number of likely N-dealkylation sites (tertiary alicyclic amines) is 1. The fourth-order valence-corrected chi connectivity index (χ4v) is 6.16. The van der Waals surface area contributed by atoms with Crippen LogP contribution in [-0.4, -0.2) is 69.6 Å². The minimum atomic E-state index is -1.16. The van der Waals surface area contributed by atoms with Crippen LogP contribution in [0, 0.1) is 6.92 Å². The molecule has 5 rings (SSSR count). The van der Waals surface area contributed by atoms with Crippen LogP contribution >= 0.6 is 0 Å². The quantitative estimate of drug-likeness (QED) is 0.602. The minimum absolute atomic E-state index is 0.0234. The molecule has 0 N–H and O–H groups in total. The van der Waals surface area contributed by atoms with Crippen LogP contribution in [0.2, 0.25) is 0 Å². The summed E-state index contributed by atoms with van der Waals surface area (Å²) < 4.78 is 0. The van der Waals surface area contributed by atoms with Gasteiger partial charge in [-0.3, -0.25) is 29.2 Å². The predicted octanol–water partition coefficient (Wildman–Crippen LogP) is 3.06. The number of carbonyl (C=O) groups is 3. The van der Waals surface area contributed by atoms with E-state index in [0.717, 1.165) is 29.8 Å². The first-order valence-electron chi connectivity index (χ1n) is 12.8. The predicted molar refractivity (Wildman–Crippen MR) is 132 cm³/mol. The summed E-state index contributed by atoms with van der Waals surface area (Å²) in [6, 6.07) is 11.9. The van der Waals surface area contributed by atoms with E-state index in [0.29, 0.717) is 19.1 Å². The molecule has 0 radical (unpaired) electrons. The van der Waals surface area contributed by atoms with Gasteiger partial charge in [0.15, 0.2) is 0 Å². The van der Waals surface area contributed by atoms with Crippen LogP contribution in [0.3, 0.4) is 0 Å². The Morgan fingerprint density at radius 3 is 2.37 bits per heavy atom. The van der Waals surface area contributed by atoms with Crippen LogP contribution in [0.4, 0.5) is 0 Å². The molecule has 0 bridgehead atoms. The molecule has 1 aromatic carbocycles. The number of carbonyl (C=O) groups excluding carboxylic acids is 3. The zero-order chi connectivity index (χ0) is 24.4. The van der Waals surface area contributed by atoms with Crippen LogP contribution in [0.5, 0.6) is 0 Å². The molecule has 1 aliphatic carbocycles. The number of nitrogens with zero attached hydrogens (tertiary/aromatic N) is 4. The van der Waals surface area contributed by atoms with E-state index in [-0.39, 0.29) is 37.1 Å². The van der Waals surface area contributed by atoms with E-state index >= 15 is 0 Å². The average molecular weight is 475 g/mol. The van der Waals surface area contributed by atoms with E-state index in [1.165, 1.54) is 30.6 Å². The molecule has 1 atom stereocenters. The second kappa shape index (κ2) is 9.90. The molecule has 3 amide bonds. The minimum Gasteiger partial charge on any atom is -0.340 e. The highest BCUT2D eigenvalue weighted by atomic mass is 16.2. The first-order chi connectivity index (χ1) is 17.0. The SMILES string of the molecule is Cc1ccccc1[C@]1(CC(=O)N2CCN(C3CCCC3)CC2)CC(=O)N(Cc2ccncc2)C1=O. The van der Waals surface area contributed by atoms with Crippen molar-refractivity contribution in [1.29, 1.82) is 0 Å². The highest BCUT2D eigenvalue weighted by Gasteiger charge is 2.54. The van der Waals surface area contributed by atoms with Gasteiger partial charge in [0, 0.05) is 57.5 Å². The van der Waals surface area contributed by atoms with E-state index in [1.807, 2.05) is 48.2 Å². The topological polar surface area (TPSA) is 73.8 Å². The Kier molecular flexibility index (Phi) is 6.69. The Morgan fingerprint density at radius 2 is 1.69 bits per heavy atom. The molecule has 7 nitrogen and oxygen atoms in total. The fourth-order valence-electron chi connectivity index (χ4n) is 6.16. The highest BCUT2D eigenvalue weighted by Crippen LogP contribution is 2.42. The van der Waals surface area contributed by atoms with Crippen molar-refractivity contribution in [3.63, 3.8) is 0 Å². The molecule has 2 saturated heterocycles. The van der Waals surface area contributed by atoms with Crippen molar-refractivity contribution in [1.82, 2.24) is 19.7 Å². The molecule has 2 aromatic rings. The first kappa shape index (κ1) is 23.7. The van der Waals surface area contributed by atoms with Crippen LogP contribution in [0.25, 0.3) is 0 Å². The van der Waals surface area contributed by atoms with Crippen molar-refractivity contribution >= 4 is 17.7 Å². The maximum atomic E-state index is 13.9. The Hall–Kier alpha value is -3.06. The van der Waals surface area contributed by atoms with Crippen molar-refractivity contribution in [3.05, 3.63) is 65.5 Å². The molecule has 3 fully saturated rings. The normalized spacial score (nSPS) is 23.9. The molecule has 3 heterocycles. The van der Waals surface area contributed by atoms with Gasteiger partial charge in [0.05, 0.1) is 12.0 Å². The molecule has 0 unspecified atom stereocenters. The smallest absolute Gasteiger partial charge is 0.241 e. The van der Waals surface area contributed by atoms with Gasteiger partial charge in [-0.25, -0.2) is 0 Å². The second-order valence-electron chi connectivity index (χ2n) is 10.2. The third kappa shape index (κ3) is 4.61. The summed E-state index contributed by atoms with van der Waals surface area (Å²) in [5.74, 6) is -0.535. The Balaban J connectivity index is 1.37. The summed E-state index contributed by atoms with van der Waals surface area (Å²) in [5.41, 5.74) is 1.40. The number of piperazine rings is 1. The van der Waals surface area contributed by atoms with Gasteiger partial charge in [-0.1, -0.05) is 37.1 Å². The van der Waals surface area contributed by atoms with E-state index in [9.17, 15) is 14.4 Å². The van der Waals surface area contributed by atoms with Crippen molar-refractivity contribution in [2.45, 2.75) is 63.5 Å². The molecule has 7 heteroatoms. The fraction of sp³-hybridized carbons (Fsp3) is 0.500. The number of benzene rings is 1. The molecule has 2 aliphatic heterocycles. The zero-order valence-electron chi connectivity index (χ0n) is 20.5. The van der Waals surface area contributed by atoms with E-state index in [2.05, 4.69) is 9.88 Å². The standard InChI is InChI=1S/C28H34N4O3/c1-21-6-2-5-9-24(21)28(19-26(34)32(27(28)35)20-22-10-12-29-13-11-22)18-25(33)31-16-14-30(15-17-31)23-7-3-4-8-23/h2,5-6,9-13,23H,3-4,7-8,14-20H2,1H3/t28-/m0/s1. The molecular weight excluding hydrogens is 440 g/mol. The number of aromatic nitrogens is 1. The molecule has 1 saturated carbocycles. The van der Waals surface area contributed by atoms with Crippen LogP contribution < -0.4 is 0 Å². The molecule has 3 aliphatic rings. The molecule has 184 valence electrons. The van der Waals surface area contributed by atoms with E-state index in [4.69, 9.17) is 0 Å². The lowest BCUT2D eigenvalue weighted by Crippen LogP contribution is -2.53. The maximum Gasteiger partial charge on any atom is 0.241 e. The third-order valence-electron chi connectivity index (χ3n) is 8.12. The summed E-state index contributed by atoms with van der Waals surface area (Å²) in [7, 11) is 0. The van der Waals surface area contributed by atoms with E-state index in [1.54, 1.807) is 12.4 Å².